The molecule has 4 saturated carbocycles. The molecule has 49 heavy (non-hydrogen) atoms. The van der Waals surface area contributed by atoms with Crippen LogP contribution in [0.5, 0.6) is 0 Å². The Morgan fingerprint density at radius 2 is 1.82 bits per heavy atom. The maximum Gasteiger partial charge on any atom is 0.306 e. The second kappa shape index (κ2) is 11.2. The third-order valence-corrected chi connectivity index (χ3v) is 12.7. The second-order valence-electron chi connectivity index (χ2n) is 15.3. The number of aliphatic hydroxyl groups is 3. The summed E-state index contributed by atoms with van der Waals surface area (Å²) in [6.07, 6.45) is 0.725. The van der Waals surface area contributed by atoms with Crippen molar-refractivity contribution in [2.24, 2.45) is 41.0 Å². The molecule has 9 atom stereocenters. The first-order valence-corrected chi connectivity index (χ1v) is 16.9. The van der Waals surface area contributed by atoms with Crippen LogP contribution in [0.4, 0.5) is 0 Å². The number of allylic oxidation sites excluding steroid dienone is 2. The number of carbonyl (C=O) groups is 5. The van der Waals surface area contributed by atoms with Gasteiger partial charge in [-0.05, 0) is 49.0 Å². The van der Waals surface area contributed by atoms with E-state index >= 15 is 0 Å². The zero-order valence-corrected chi connectivity index (χ0v) is 28.2. The largest absolute Gasteiger partial charge is 0.492 e. The molecule has 13 nitrogen and oxygen atoms in total. The Bertz CT molecular complexity index is 1720. The summed E-state index contributed by atoms with van der Waals surface area (Å²) in [5.74, 6) is -6.99. The standard InChI is InChI=1S/C36H43NO12/c1-17-19-9-10-22-34-16-48-36(45,31(44)29(34)33(2,3)12-11-23(34)39)35(22,30(17)43)32(19)49-25(41)8-6-7-24(40)47-15-18-14-37(4)27-20(38)13-21(46-5)28(42)26(18)27/h13-14,19,22-23,29,31-32,39,44-45H,1,6-12,15-16H2,2-5H3/t19-,22-,23-,29+,31-,32+,34+,35-,36-/m0/s1. The Balaban J connectivity index is 1.05. The quantitative estimate of drug-likeness (QED) is 0.268. The molecule has 1 aromatic heterocycles. The van der Waals surface area contributed by atoms with E-state index in [-0.39, 0.29) is 55.1 Å². The highest BCUT2D eigenvalue weighted by Crippen LogP contribution is 2.76. The van der Waals surface area contributed by atoms with E-state index in [0.717, 1.165) is 6.08 Å². The van der Waals surface area contributed by atoms with E-state index in [1.54, 1.807) is 13.2 Å². The van der Waals surface area contributed by atoms with Gasteiger partial charge in [-0.15, -0.1) is 0 Å². The van der Waals surface area contributed by atoms with E-state index in [4.69, 9.17) is 18.9 Å². The number of rotatable bonds is 8. The van der Waals surface area contributed by atoms with Gasteiger partial charge in [0.15, 0.2) is 11.5 Å². The van der Waals surface area contributed by atoms with Crippen molar-refractivity contribution in [3.05, 3.63) is 47.0 Å². The number of hydrogen-bond donors (Lipinski definition) is 3. The van der Waals surface area contributed by atoms with Crippen LogP contribution in [-0.2, 0) is 47.0 Å². The van der Waals surface area contributed by atoms with Gasteiger partial charge in [0, 0.05) is 55.0 Å². The molecule has 0 aromatic carbocycles. The van der Waals surface area contributed by atoms with Crippen LogP contribution in [-0.4, -0.2) is 87.0 Å². The summed E-state index contributed by atoms with van der Waals surface area (Å²) in [4.78, 5) is 65.6. The Labute approximate surface area is 283 Å². The number of ketones is 3. The fourth-order valence-electron chi connectivity index (χ4n) is 10.7. The molecule has 3 N–H and O–H groups in total. The molecule has 7 aliphatic rings. The second-order valence-corrected chi connectivity index (χ2v) is 15.3. The van der Waals surface area contributed by atoms with E-state index in [2.05, 4.69) is 6.58 Å². The van der Waals surface area contributed by atoms with Crippen LogP contribution >= 0.6 is 0 Å². The smallest absolute Gasteiger partial charge is 0.306 e. The fourth-order valence-corrected chi connectivity index (χ4v) is 10.7. The SMILES string of the molecule is C=C1C(=O)[C@]23[C@H](OC(=O)CCCC(=O)OCc4cn(C)c5c4C(=O)C(OC)=CC5=O)[C@H]1CC[C@H]2[C@@]12CO[C@@]3(O)[C@@H](O)[C@@H]1C(C)(C)CC[C@@H]2O. The van der Waals surface area contributed by atoms with E-state index < -0.39 is 87.4 Å². The third-order valence-electron chi connectivity index (χ3n) is 12.7. The zero-order valence-electron chi connectivity index (χ0n) is 28.2. The zero-order chi connectivity index (χ0) is 35.4. The molecule has 2 aliphatic heterocycles. The number of hydrogen-bond acceptors (Lipinski definition) is 12. The van der Waals surface area contributed by atoms with Crippen LogP contribution in [0.25, 0.3) is 0 Å². The van der Waals surface area contributed by atoms with Crippen LogP contribution in [0.3, 0.4) is 0 Å². The normalized spacial score (nSPS) is 38.4. The van der Waals surface area contributed by atoms with E-state index in [0.29, 0.717) is 31.2 Å². The summed E-state index contributed by atoms with van der Waals surface area (Å²) in [5.41, 5.74) is -2.51. The Kier molecular flexibility index (Phi) is 7.72. The third kappa shape index (κ3) is 4.28. The topological polar surface area (TPSA) is 188 Å². The Morgan fingerprint density at radius 1 is 1.10 bits per heavy atom. The highest BCUT2D eigenvalue weighted by atomic mass is 16.6. The van der Waals surface area contributed by atoms with Crippen molar-refractivity contribution in [3.8, 4) is 0 Å². The summed E-state index contributed by atoms with van der Waals surface area (Å²) in [5, 5.41) is 35.8. The van der Waals surface area contributed by atoms with Gasteiger partial charge in [-0.1, -0.05) is 20.4 Å². The van der Waals surface area contributed by atoms with Gasteiger partial charge in [0.1, 0.15) is 29.9 Å². The Morgan fingerprint density at radius 3 is 2.53 bits per heavy atom. The van der Waals surface area contributed by atoms with Gasteiger partial charge in [-0.25, -0.2) is 0 Å². The van der Waals surface area contributed by atoms with Crippen LogP contribution in [0.2, 0.25) is 0 Å². The van der Waals surface area contributed by atoms with Gasteiger partial charge in [0.25, 0.3) is 0 Å². The highest BCUT2D eigenvalue weighted by Gasteiger charge is 2.87. The average Bonchev–Trinajstić information content (AvgIpc) is 3.44. The van der Waals surface area contributed by atoms with Gasteiger partial charge >= 0.3 is 11.9 Å². The predicted molar refractivity (Wildman–Crippen MR) is 167 cm³/mol. The number of Topliss-reactive ketones (excluding diaryl/α,β-unsaturated/α-hetero) is 2. The lowest BCUT2D eigenvalue weighted by molar-refractivity contribution is -0.458. The van der Waals surface area contributed by atoms with Gasteiger partial charge in [0.05, 0.1) is 25.4 Å². The van der Waals surface area contributed by atoms with Gasteiger partial charge < -0.3 is 38.8 Å². The molecule has 6 fully saturated rings. The molecule has 0 amide bonds. The molecule has 13 heteroatoms. The lowest BCUT2D eigenvalue weighted by Gasteiger charge is -2.74. The number of nitrogens with zero attached hydrogens (tertiary/aromatic N) is 1. The van der Waals surface area contributed by atoms with E-state index in [1.165, 1.54) is 11.7 Å². The van der Waals surface area contributed by atoms with Gasteiger partial charge in [0.2, 0.25) is 17.4 Å². The predicted octanol–water partition coefficient (Wildman–Crippen LogP) is 2.09. The van der Waals surface area contributed by atoms with Crippen molar-refractivity contribution in [2.75, 3.05) is 13.7 Å². The highest BCUT2D eigenvalue weighted by molar-refractivity contribution is 6.23. The van der Waals surface area contributed by atoms with Crippen LogP contribution in [0.1, 0.15) is 85.2 Å². The maximum absolute atomic E-state index is 14.2. The number of aryl methyl sites for hydroxylation is 1. The lowest BCUT2D eigenvalue weighted by Crippen LogP contribution is -2.85. The van der Waals surface area contributed by atoms with E-state index in [9.17, 15) is 39.3 Å². The monoisotopic (exact) mass is 681 g/mol. The lowest BCUT2D eigenvalue weighted by atomic mass is 9.35. The molecule has 8 rings (SSSR count). The number of esters is 2. The van der Waals surface area contributed by atoms with Crippen LogP contribution in [0.15, 0.2) is 30.2 Å². The number of aliphatic hydroxyl groups excluding tert-OH is 2. The molecule has 264 valence electrons. The molecule has 0 radical (unpaired) electrons. The number of ether oxygens (including phenoxy) is 4. The minimum absolute atomic E-state index is 0.0318. The van der Waals surface area contributed by atoms with Crippen LogP contribution in [0, 0.1) is 34.0 Å². The van der Waals surface area contributed by atoms with Crippen molar-refractivity contribution in [1.82, 2.24) is 4.57 Å². The number of aromatic nitrogens is 1. The summed E-state index contributed by atoms with van der Waals surface area (Å²) < 4.78 is 24.0. The molecule has 1 aromatic rings. The molecule has 0 unspecified atom stereocenters. The van der Waals surface area contributed by atoms with Crippen molar-refractivity contribution in [1.29, 1.82) is 0 Å². The average molecular weight is 682 g/mol. The molecule has 2 saturated heterocycles. The maximum atomic E-state index is 14.2. The van der Waals surface area contributed by atoms with Crippen molar-refractivity contribution in [2.45, 2.75) is 89.5 Å². The Hall–Kier alpha value is -3.65. The first kappa shape index (κ1) is 33.8. The molecular weight excluding hydrogens is 638 g/mol. The first-order chi connectivity index (χ1) is 23.1. The minimum atomic E-state index is -2.36. The summed E-state index contributed by atoms with van der Waals surface area (Å²) >= 11 is 0. The molecule has 2 spiro atoms. The summed E-state index contributed by atoms with van der Waals surface area (Å²) in [7, 11) is 2.89. The number of fused-ring (bicyclic) bond motifs is 3. The summed E-state index contributed by atoms with van der Waals surface area (Å²) in [6.45, 7) is 7.72. The van der Waals surface area contributed by atoms with Gasteiger partial charge in [-0.3, -0.25) is 24.0 Å². The van der Waals surface area contributed by atoms with Crippen LogP contribution < -0.4 is 0 Å². The molecular formula is C36H43NO12. The summed E-state index contributed by atoms with van der Waals surface area (Å²) in [6, 6.07) is 0. The van der Waals surface area contributed by atoms with Crippen molar-refractivity contribution >= 4 is 29.3 Å². The minimum Gasteiger partial charge on any atom is -0.492 e. The molecule has 4 bridgehead atoms. The fraction of sp³-hybridized carbons (Fsp3) is 0.639. The van der Waals surface area contributed by atoms with Crippen molar-refractivity contribution < 1.29 is 58.2 Å². The first-order valence-electron chi connectivity index (χ1n) is 16.9. The van der Waals surface area contributed by atoms with Gasteiger partial charge in [-0.2, -0.15) is 0 Å². The molecule has 3 heterocycles. The van der Waals surface area contributed by atoms with Crippen molar-refractivity contribution in [3.63, 3.8) is 0 Å². The van der Waals surface area contributed by atoms with E-state index in [1.807, 2.05) is 13.8 Å². The number of carbonyl (C=O) groups excluding carboxylic acids is 5. The number of methoxy groups -OCH3 is 1. The molecule has 5 aliphatic carbocycles.